The first-order chi connectivity index (χ1) is 11.7. The summed E-state index contributed by atoms with van der Waals surface area (Å²) in [6.45, 7) is 5.44. The molecule has 1 unspecified atom stereocenters. The van der Waals surface area contributed by atoms with Crippen LogP contribution in [-0.4, -0.2) is 34.3 Å². The van der Waals surface area contributed by atoms with Gasteiger partial charge in [-0.05, 0) is 50.6 Å². The zero-order valence-corrected chi connectivity index (χ0v) is 15.4. The molecule has 0 spiro atoms. The number of nitrogens with one attached hydrogen (secondary N) is 1. The molecule has 0 aliphatic carbocycles. The van der Waals surface area contributed by atoms with E-state index in [1.807, 2.05) is 16.8 Å². The van der Waals surface area contributed by atoms with Gasteiger partial charge in [-0.25, -0.2) is 4.68 Å². The number of nitrogens with zero attached hydrogens (tertiary/aromatic N) is 3. The number of hydrogen-bond acceptors (Lipinski definition) is 3. The number of rotatable bonds is 3. The molecule has 0 bridgehead atoms. The van der Waals surface area contributed by atoms with Crippen molar-refractivity contribution in [2.75, 3.05) is 25.0 Å². The quantitative estimate of drug-likeness (QED) is 0.856. The Hall–Kier alpha value is -1.23. The lowest BCUT2D eigenvalue weighted by atomic mass is 9.96. The van der Waals surface area contributed by atoms with E-state index in [1.165, 1.54) is 37.1 Å². The molecule has 1 aromatic heterocycles. The van der Waals surface area contributed by atoms with E-state index >= 15 is 0 Å². The summed E-state index contributed by atoms with van der Waals surface area (Å²) in [5, 5.41) is 9.76. The number of aromatic nitrogens is 2. The Morgan fingerprint density at radius 1 is 1.21 bits per heavy atom. The molecular weight excluding hydrogens is 343 g/mol. The SMILES string of the molecule is CCN1CCCCC1c1nn(-c2cc(Cl)cc(Cl)c2)c2c1CCN2. The minimum absolute atomic E-state index is 0.424. The molecule has 2 aliphatic rings. The first-order valence-corrected chi connectivity index (χ1v) is 9.49. The van der Waals surface area contributed by atoms with E-state index in [-0.39, 0.29) is 0 Å². The number of anilines is 1. The summed E-state index contributed by atoms with van der Waals surface area (Å²) in [5.74, 6) is 1.10. The first kappa shape index (κ1) is 16.2. The summed E-state index contributed by atoms with van der Waals surface area (Å²) >= 11 is 12.4. The Bertz CT molecular complexity index is 735. The van der Waals surface area contributed by atoms with Crippen LogP contribution in [0.3, 0.4) is 0 Å². The van der Waals surface area contributed by atoms with Crippen molar-refractivity contribution in [3.63, 3.8) is 0 Å². The van der Waals surface area contributed by atoms with Crippen molar-refractivity contribution in [2.45, 2.75) is 38.6 Å². The van der Waals surface area contributed by atoms with Gasteiger partial charge in [0, 0.05) is 22.2 Å². The van der Waals surface area contributed by atoms with Gasteiger partial charge in [-0.15, -0.1) is 0 Å². The fraction of sp³-hybridized carbons (Fsp3) is 0.500. The van der Waals surface area contributed by atoms with Gasteiger partial charge in [0.1, 0.15) is 5.82 Å². The molecule has 1 fully saturated rings. The molecule has 6 heteroatoms. The maximum atomic E-state index is 6.20. The van der Waals surface area contributed by atoms with Gasteiger partial charge >= 0.3 is 0 Å². The third-order valence-electron chi connectivity index (χ3n) is 5.11. The van der Waals surface area contributed by atoms with E-state index < -0.39 is 0 Å². The average molecular weight is 365 g/mol. The summed E-state index contributed by atoms with van der Waals surface area (Å²) < 4.78 is 1.98. The van der Waals surface area contributed by atoms with Gasteiger partial charge in [-0.2, -0.15) is 5.10 Å². The Kier molecular flexibility index (Phi) is 4.46. The van der Waals surface area contributed by atoms with Crippen molar-refractivity contribution in [2.24, 2.45) is 0 Å². The second-order valence-electron chi connectivity index (χ2n) is 6.57. The second kappa shape index (κ2) is 6.58. The predicted molar refractivity (Wildman–Crippen MR) is 99.6 cm³/mol. The van der Waals surface area contributed by atoms with Crippen molar-refractivity contribution in [1.29, 1.82) is 0 Å². The Balaban J connectivity index is 1.80. The fourth-order valence-electron chi connectivity index (χ4n) is 4.00. The van der Waals surface area contributed by atoms with Crippen molar-refractivity contribution < 1.29 is 0 Å². The molecule has 24 heavy (non-hydrogen) atoms. The average Bonchev–Trinajstić information content (AvgIpc) is 3.16. The highest BCUT2D eigenvalue weighted by atomic mass is 35.5. The molecular formula is C18H22Cl2N4. The molecule has 1 aromatic carbocycles. The van der Waals surface area contributed by atoms with Gasteiger partial charge in [0.2, 0.25) is 0 Å². The Morgan fingerprint density at radius 3 is 2.75 bits per heavy atom. The van der Waals surface area contributed by atoms with Crippen molar-refractivity contribution in [1.82, 2.24) is 14.7 Å². The molecule has 0 radical (unpaired) electrons. The number of likely N-dealkylation sites (tertiary alicyclic amines) is 1. The van der Waals surface area contributed by atoms with Crippen LogP contribution in [0.2, 0.25) is 10.0 Å². The van der Waals surface area contributed by atoms with Crippen LogP contribution in [0.1, 0.15) is 43.5 Å². The smallest absolute Gasteiger partial charge is 0.133 e. The maximum Gasteiger partial charge on any atom is 0.133 e. The zero-order valence-electron chi connectivity index (χ0n) is 13.9. The van der Waals surface area contributed by atoms with Crippen LogP contribution in [-0.2, 0) is 6.42 Å². The lowest BCUT2D eigenvalue weighted by Gasteiger charge is -2.34. The maximum absolute atomic E-state index is 6.20. The zero-order chi connectivity index (χ0) is 16.7. The molecule has 0 amide bonds. The van der Waals surface area contributed by atoms with E-state index in [0.717, 1.165) is 31.0 Å². The van der Waals surface area contributed by atoms with Gasteiger partial charge in [-0.1, -0.05) is 36.5 Å². The minimum Gasteiger partial charge on any atom is -0.369 e. The molecule has 2 aromatic rings. The summed E-state index contributed by atoms with van der Waals surface area (Å²) in [6.07, 6.45) is 4.79. The van der Waals surface area contributed by atoms with Crippen LogP contribution >= 0.6 is 23.2 Å². The molecule has 1 N–H and O–H groups in total. The van der Waals surface area contributed by atoms with Gasteiger partial charge in [-0.3, -0.25) is 4.90 Å². The monoisotopic (exact) mass is 364 g/mol. The number of hydrogen-bond donors (Lipinski definition) is 1. The van der Waals surface area contributed by atoms with E-state index in [4.69, 9.17) is 28.3 Å². The molecule has 1 atom stereocenters. The van der Waals surface area contributed by atoms with Gasteiger partial charge in [0.05, 0.1) is 17.4 Å². The molecule has 1 saturated heterocycles. The van der Waals surface area contributed by atoms with Gasteiger partial charge < -0.3 is 5.32 Å². The van der Waals surface area contributed by atoms with Crippen LogP contribution in [0, 0.1) is 0 Å². The molecule has 4 nitrogen and oxygen atoms in total. The highest BCUT2D eigenvalue weighted by molar-refractivity contribution is 6.34. The third kappa shape index (κ3) is 2.81. The number of fused-ring (bicyclic) bond motifs is 1. The Morgan fingerprint density at radius 2 is 2.00 bits per heavy atom. The molecule has 2 aliphatic heterocycles. The fourth-order valence-corrected chi connectivity index (χ4v) is 4.51. The standard InChI is InChI=1S/C18H22Cl2N4/c1-2-23-8-4-3-5-16(23)17-15-6-7-21-18(15)24(22-17)14-10-12(19)9-13(20)11-14/h9-11,16,21H,2-8H2,1H3. The van der Waals surface area contributed by atoms with Crippen molar-refractivity contribution in [3.05, 3.63) is 39.5 Å². The van der Waals surface area contributed by atoms with E-state index in [1.54, 1.807) is 6.07 Å². The number of benzene rings is 1. The topological polar surface area (TPSA) is 33.1 Å². The minimum atomic E-state index is 0.424. The summed E-state index contributed by atoms with van der Waals surface area (Å²) in [5.41, 5.74) is 3.51. The molecule has 4 rings (SSSR count). The van der Waals surface area contributed by atoms with Crippen LogP contribution in [0.5, 0.6) is 0 Å². The van der Waals surface area contributed by atoms with Crippen molar-refractivity contribution in [3.8, 4) is 5.69 Å². The lowest BCUT2D eigenvalue weighted by molar-refractivity contribution is 0.153. The number of piperidine rings is 1. The van der Waals surface area contributed by atoms with Crippen LogP contribution in [0.4, 0.5) is 5.82 Å². The lowest BCUT2D eigenvalue weighted by Crippen LogP contribution is -2.33. The molecule has 128 valence electrons. The predicted octanol–water partition coefficient (Wildman–Crippen LogP) is 4.69. The summed E-state index contributed by atoms with van der Waals surface area (Å²) in [6, 6.07) is 6.02. The highest BCUT2D eigenvalue weighted by Crippen LogP contribution is 2.38. The van der Waals surface area contributed by atoms with E-state index in [9.17, 15) is 0 Å². The molecule has 0 saturated carbocycles. The summed E-state index contributed by atoms with van der Waals surface area (Å²) in [4.78, 5) is 2.56. The normalized spacial score (nSPS) is 20.9. The Labute approximate surface area is 152 Å². The first-order valence-electron chi connectivity index (χ1n) is 8.73. The van der Waals surface area contributed by atoms with Gasteiger partial charge in [0.25, 0.3) is 0 Å². The summed E-state index contributed by atoms with van der Waals surface area (Å²) in [7, 11) is 0. The van der Waals surface area contributed by atoms with E-state index in [2.05, 4.69) is 17.1 Å². The van der Waals surface area contributed by atoms with Gasteiger partial charge in [0.15, 0.2) is 0 Å². The molecule has 3 heterocycles. The van der Waals surface area contributed by atoms with Crippen LogP contribution in [0.15, 0.2) is 18.2 Å². The third-order valence-corrected chi connectivity index (χ3v) is 5.55. The second-order valence-corrected chi connectivity index (χ2v) is 7.44. The number of halogens is 2. The largest absolute Gasteiger partial charge is 0.369 e. The van der Waals surface area contributed by atoms with Crippen molar-refractivity contribution >= 4 is 29.0 Å². The highest BCUT2D eigenvalue weighted by Gasteiger charge is 2.32. The van der Waals surface area contributed by atoms with E-state index in [0.29, 0.717) is 16.1 Å². The van der Waals surface area contributed by atoms with Crippen LogP contribution < -0.4 is 5.32 Å². The van der Waals surface area contributed by atoms with Crippen LogP contribution in [0.25, 0.3) is 5.69 Å².